The van der Waals surface area contributed by atoms with Crippen molar-refractivity contribution in [2.24, 2.45) is 0 Å². The number of nitrogens with one attached hydrogen (secondary N) is 1. The maximum Gasteiger partial charge on any atom is 0.235 e. The minimum absolute atomic E-state index is 0. The normalized spacial score (nSPS) is 17.5. The Bertz CT molecular complexity index is 1230. The Morgan fingerprint density at radius 2 is 2.00 bits per heavy atom. The van der Waals surface area contributed by atoms with Gasteiger partial charge in [-0.3, -0.25) is 4.79 Å². The molecule has 5 rings (SSSR count). The molecule has 0 radical (unpaired) electrons. The number of fused-ring (bicyclic) bond motifs is 2. The van der Waals surface area contributed by atoms with Crippen LogP contribution in [0.3, 0.4) is 0 Å². The summed E-state index contributed by atoms with van der Waals surface area (Å²) >= 11 is 0. The number of amides is 1. The van der Waals surface area contributed by atoms with Crippen LogP contribution < -0.4 is 10.1 Å². The van der Waals surface area contributed by atoms with Crippen LogP contribution in [0.15, 0.2) is 42.5 Å². The number of hydrogen-bond acceptors (Lipinski definition) is 4. The van der Waals surface area contributed by atoms with E-state index in [1.807, 2.05) is 24.3 Å². The first-order chi connectivity index (χ1) is 15.7. The van der Waals surface area contributed by atoms with Crippen molar-refractivity contribution >= 4 is 22.5 Å². The summed E-state index contributed by atoms with van der Waals surface area (Å²) in [6, 6.07) is 14.2. The van der Waals surface area contributed by atoms with Crippen LogP contribution in [0.1, 0.15) is 54.7 Å². The summed E-state index contributed by atoms with van der Waals surface area (Å²) in [4.78, 5) is 13.3. The number of aromatic nitrogens is 1. The maximum atomic E-state index is 13.3. The highest BCUT2D eigenvalue weighted by Crippen LogP contribution is 2.50. The average Bonchev–Trinajstić information content (AvgIpc) is 3.32. The van der Waals surface area contributed by atoms with E-state index in [9.17, 15) is 15.0 Å². The van der Waals surface area contributed by atoms with Crippen molar-refractivity contribution < 1.29 is 24.0 Å². The van der Waals surface area contributed by atoms with Crippen LogP contribution in [-0.4, -0.2) is 40.0 Å². The van der Waals surface area contributed by atoms with E-state index in [-0.39, 0.29) is 22.2 Å². The number of aliphatic hydroxyl groups excluding tert-OH is 2. The monoisotopic (exact) mass is 454 g/mol. The fourth-order valence-electron chi connectivity index (χ4n) is 4.92. The highest BCUT2D eigenvalue weighted by molar-refractivity contribution is 6.02. The Morgan fingerprint density at radius 1 is 1.21 bits per heavy atom. The first kappa shape index (κ1) is 22.0. The SMILES string of the molecule is CC(C)(C)c1cc2cc(NC(=O)C3(c4ccc5c(c4)OCC5)CC3)ccc2n1C[C@@H](O)CO.[HH].[HH].[HH]. The highest BCUT2D eigenvalue weighted by atomic mass is 16.5. The van der Waals surface area contributed by atoms with Gasteiger partial charge in [-0.2, -0.15) is 0 Å². The molecule has 0 bridgehead atoms. The van der Waals surface area contributed by atoms with Gasteiger partial charge in [-0.15, -0.1) is 0 Å². The van der Waals surface area contributed by atoms with Crippen LogP contribution in [0.2, 0.25) is 0 Å². The highest BCUT2D eigenvalue weighted by Gasteiger charge is 2.51. The van der Waals surface area contributed by atoms with Crippen molar-refractivity contribution in [1.29, 1.82) is 0 Å². The molecule has 2 heterocycles. The second-order valence-corrected chi connectivity index (χ2v) is 10.5. The maximum absolute atomic E-state index is 13.3. The number of carbonyl (C=O) groups excluding carboxylic acids is 1. The third kappa shape index (κ3) is 3.91. The van der Waals surface area contributed by atoms with Gasteiger partial charge in [0.2, 0.25) is 5.91 Å². The number of rotatable bonds is 6. The Hall–Kier alpha value is -2.83. The van der Waals surface area contributed by atoms with Crippen molar-refractivity contribution in [3.05, 3.63) is 59.3 Å². The zero-order valence-electron chi connectivity index (χ0n) is 19.5. The molecule has 0 unspecified atom stereocenters. The van der Waals surface area contributed by atoms with Gasteiger partial charge in [-0.05, 0) is 54.3 Å². The largest absolute Gasteiger partial charge is 0.493 e. The van der Waals surface area contributed by atoms with E-state index in [1.165, 1.54) is 5.56 Å². The van der Waals surface area contributed by atoms with Crippen molar-refractivity contribution in [2.75, 3.05) is 18.5 Å². The van der Waals surface area contributed by atoms with Gasteiger partial charge >= 0.3 is 0 Å². The van der Waals surface area contributed by atoms with E-state index in [4.69, 9.17) is 4.74 Å². The number of hydrogen-bond donors (Lipinski definition) is 3. The zero-order valence-corrected chi connectivity index (χ0v) is 19.5. The van der Waals surface area contributed by atoms with E-state index < -0.39 is 11.5 Å². The van der Waals surface area contributed by atoms with Crippen molar-refractivity contribution in [3.63, 3.8) is 0 Å². The lowest BCUT2D eigenvalue weighted by Crippen LogP contribution is -2.27. The van der Waals surface area contributed by atoms with Crippen LogP contribution in [0.25, 0.3) is 10.9 Å². The molecule has 33 heavy (non-hydrogen) atoms. The minimum Gasteiger partial charge on any atom is -0.493 e. The molecule has 3 N–H and O–H groups in total. The molecular weight excluding hydrogens is 416 g/mol. The predicted molar refractivity (Wildman–Crippen MR) is 135 cm³/mol. The van der Waals surface area contributed by atoms with Crippen LogP contribution in [0, 0.1) is 0 Å². The smallest absolute Gasteiger partial charge is 0.235 e. The molecule has 1 saturated carbocycles. The van der Waals surface area contributed by atoms with Gasteiger partial charge in [-0.1, -0.05) is 32.9 Å². The van der Waals surface area contributed by atoms with E-state index in [2.05, 4.69) is 48.9 Å². The van der Waals surface area contributed by atoms with Gasteiger partial charge in [0.15, 0.2) is 0 Å². The molecule has 1 aliphatic carbocycles. The Kier molecular flexibility index (Phi) is 5.26. The standard InChI is InChI=1S/C27H32N2O4.3H2/c1-26(2,3)24-13-18-12-20(6-7-22(18)29(24)15-21(31)16-30)28-25(32)27(9-10-27)19-5-4-17-8-11-33-23(17)14-19;;;/h4-7,12-14,21,30-31H,8-11,15-16H2,1-3H3,(H,28,32);3*1H/t21-;;;/m1.../s1. The minimum atomic E-state index is -0.827. The number of ether oxygens (including phenoxy) is 1. The van der Waals surface area contributed by atoms with Crippen LogP contribution in [-0.2, 0) is 28.6 Å². The first-order valence-corrected chi connectivity index (χ1v) is 11.7. The van der Waals surface area contributed by atoms with Crippen molar-refractivity contribution in [1.82, 2.24) is 4.57 Å². The fraction of sp³-hybridized carbons (Fsp3) is 0.444. The van der Waals surface area contributed by atoms with Gasteiger partial charge in [-0.25, -0.2) is 0 Å². The lowest BCUT2D eigenvalue weighted by molar-refractivity contribution is -0.118. The van der Waals surface area contributed by atoms with Crippen molar-refractivity contribution in [3.8, 4) is 5.75 Å². The molecule has 2 aromatic carbocycles. The van der Waals surface area contributed by atoms with Crippen LogP contribution in [0.4, 0.5) is 5.69 Å². The molecule has 3 aromatic rings. The summed E-state index contributed by atoms with van der Waals surface area (Å²) < 4.78 is 7.78. The van der Waals surface area contributed by atoms with Gasteiger partial charge in [0, 0.05) is 38.4 Å². The van der Waals surface area contributed by atoms with Gasteiger partial charge < -0.3 is 24.8 Å². The molecule has 1 aromatic heterocycles. The van der Waals surface area contributed by atoms with E-state index >= 15 is 0 Å². The lowest BCUT2D eigenvalue weighted by atomic mass is 9.92. The van der Waals surface area contributed by atoms with Gasteiger partial charge in [0.05, 0.1) is 31.3 Å². The van der Waals surface area contributed by atoms with Gasteiger partial charge in [0.1, 0.15) is 5.75 Å². The summed E-state index contributed by atoms with van der Waals surface area (Å²) in [7, 11) is 0. The predicted octanol–water partition coefficient (Wildman–Crippen LogP) is 4.64. The Balaban J connectivity index is 0.00000152. The molecule has 2 aliphatic rings. The lowest BCUT2D eigenvalue weighted by Gasteiger charge is -2.23. The summed E-state index contributed by atoms with van der Waals surface area (Å²) in [5.74, 6) is 0.931. The number of aliphatic hydroxyl groups is 2. The number of anilines is 1. The molecule has 180 valence electrons. The molecular formula is C27H38N2O4. The zero-order chi connectivity index (χ0) is 23.4. The Labute approximate surface area is 198 Å². The molecule has 1 fully saturated rings. The Morgan fingerprint density at radius 3 is 2.70 bits per heavy atom. The summed E-state index contributed by atoms with van der Waals surface area (Å²) in [5.41, 5.74) is 4.44. The quantitative estimate of drug-likeness (QED) is 0.507. The van der Waals surface area contributed by atoms with E-state index in [1.54, 1.807) is 0 Å². The van der Waals surface area contributed by atoms with E-state index in [0.717, 1.165) is 52.9 Å². The van der Waals surface area contributed by atoms with Gasteiger partial charge in [0.25, 0.3) is 0 Å². The third-order valence-electron chi connectivity index (χ3n) is 6.97. The topological polar surface area (TPSA) is 83.7 Å². The molecule has 1 amide bonds. The second-order valence-electron chi connectivity index (χ2n) is 10.5. The molecule has 0 saturated heterocycles. The van der Waals surface area contributed by atoms with Crippen LogP contribution in [0.5, 0.6) is 5.75 Å². The summed E-state index contributed by atoms with van der Waals surface area (Å²) in [6.45, 7) is 7.13. The summed E-state index contributed by atoms with van der Waals surface area (Å²) in [6.07, 6.45) is 1.78. The summed E-state index contributed by atoms with van der Waals surface area (Å²) in [5, 5.41) is 23.6. The number of benzene rings is 2. The van der Waals surface area contributed by atoms with E-state index in [0.29, 0.717) is 13.2 Å². The third-order valence-corrected chi connectivity index (χ3v) is 6.97. The molecule has 1 aliphatic heterocycles. The average molecular weight is 455 g/mol. The molecule has 0 spiro atoms. The second kappa shape index (κ2) is 7.89. The first-order valence-electron chi connectivity index (χ1n) is 11.7. The molecule has 6 nitrogen and oxygen atoms in total. The number of nitrogens with zero attached hydrogens (tertiary/aromatic N) is 1. The molecule has 1 atom stereocenters. The van der Waals surface area contributed by atoms with Crippen LogP contribution >= 0.6 is 0 Å². The molecule has 6 heteroatoms. The van der Waals surface area contributed by atoms with Crippen molar-refractivity contribution in [2.45, 2.75) is 63.5 Å². The fourth-order valence-corrected chi connectivity index (χ4v) is 4.92. The number of carbonyl (C=O) groups is 1.